The van der Waals surface area contributed by atoms with Crippen LogP contribution in [0.25, 0.3) is 10.8 Å². The van der Waals surface area contributed by atoms with Gasteiger partial charge in [0, 0.05) is 0 Å². The van der Waals surface area contributed by atoms with Gasteiger partial charge in [-0.3, -0.25) is 0 Å². The molecule has 4 nitrogen and oxygen atoms in total. The van der Waals surface area contributed by atoms with E-state index >= 15 is 0 Å². The van der Waals surface area contributed by atoms with E-state index in [4.69, 9.17) is 10.6 Å². The Morgan fingerprint density at radius 2 is 1.81 bits per heavy atom. The van der Waals surface area contributed by atoms with E-state index in [0.29, 0.717) is 5.56 Å². The fourth-order valence-electron chi connectivity index (χ4n) is 1.57. The Morgan fingerprint density at radius 1 is 1.12 bits per heavy atom. The Hall–Kier alpha value is -2.45. The molecule has 2 aromatic carbocycles. The topological polar surface area (TPSA) is 75.2 Å². The summed E-state index contributed by atoms with van der Waals surface area (Å²) in [6, 6.07) is 12.8. The Labute approximate surface area is 91.4 Å². The second-order valence-electron chi connectivity index (χ2n) is 3.33. The zero-order chi connectivity index (χ0) is 11.5. The fourth-order valence-corrected chi connectivity index (χ4v) is 1.57. The summed E-state index contributed by atoms with van der Waals surface area (Å²) in [4.78, 5) is 13.8. The SMILES string of the molecule is N=[N+]=C(C(=O)O)c1ccc2ccccc2c1. The summed E-state index contributed by atoms with van der Waals surface area (Å²) in [5, 5.41) is 10.8. The van der Waals surface area contributed by atoms with Gasteiger partial charge in [-0.15, -0.1) is 0 Å². The standard InChI is InChI=1S/C12H8N2O2/c13-14-11(12(15)16)10-6-5-8-3-1-2-4-9(8)7-10/h1-7,13H/p+1. The van der Waals surface area contributed by atoms with Gasteiger partial charge in [0.15, 0.2) is 0 Å². The molecule has 2 aromatic rings. The third-order valence-electron chi connectivity index (χ3n) is 2.34. The summed E-state index contributed by atoms with van der Waals surface area (Å²) in [6.45, 7) is 0. The lowest BCUT2D eigenvalue weighted by atomic mass is 10.0. The molecule has 78 valence electrons. The molecular formula is C12H9N2O2+. The third kappa shape index (κ3) is 1.69. The number of carbonyl (C=O) groups is 1. The van der Waals surface area contributed by atoms with Crippen LogP contribution in [-0.4, -0.2) is 21.6 Å². The smallest absolute Gasteiger partial charge is 0.455 e. The van der Waals surface area contributed by atoms with Crippen LogP contribution in [-0.2, 0) is 4.79 Å². The van der Waals surface area contributed by atoms with Gasteiger partial charge in [-0.2, -0.15) is 0 Å². The van der Waals surface area contributed by atoms with Crippen LogP contribution in [0.15, 0.2) is 42.5 Å². The number of fused-ring (bicyclic) bond motifs is 1. The molecule has 4 heteroatoms. The van der Waals surface area contributed by atoms with Crippen LogP contribution in [0, 0.1) is 5.53 Å². The minimum Gasteiger partial charge on any atom is -0.472 e. The van der Waals surface area contributed by atoms with E-state index in [1.54, 1.807) is 12.1 Å². The van der Waals surface area contributed by atoms with E-state index in [1.165, 1.54) is 0 Å². The molecule has 0 saturated carbocycles. The lowest BCUT2D eigenvalue weighted by molar-refractivity contribution is -0.147. The van der Waals surface area contributed by atoms with E-state index in [9.17, 15) is 4.79 Å². The van der Waals surface area contributed by atoms with Gasteiger partial charge in [-0.1, -0.05) is 30.3 Å². The predicted molar refractivity (Wildman–Crippen MR) is 58.7 cm³/mol. The van der Waals surface area contributed by atoms with Crippen LogP contribution in [0.3, 0.4) is 0 Å². The van der Waals surface area contributed by atoms with Crippen molar-refractivity contribution in [2.45, 2.75) is 0 Å². The van der Waals surface area contributed by atoms with Crippen molar-refractivity contribution in [3.8, 4) is 0 Å². The molecule has 0 amide bonds. The highest BCUT2D eigenvalue weighted by Gasteiger charge is 2.24. The van der Waals surface area contributed by atoms with Crippen molar-refractivity contribution in [2.24, 2.45) is 0 Å². The van der Waals surface area contributed by atoms with Gasteiger partial charge in [0.2, 0.25) is 0 Å². The number of nitrogens with one attached hydrogen (secondary N) is 1. The second kappa shape index (κ2) is 3.96. The first-order valence-electron chi connectivity index (χ1n) is 4.69. The molecule has 0 saturated heterocycles. The molecule has 0 bridgehead atoms. The molecule has 2 N–H and O–H groups in total. The van der Waals surface area contributed by atoms with Crippen molar-refractivity contribution in [2.75, 3.05) is 0 Å². The van der Waals surface area contributed by atoms with Gasteiger partial charge in [0.05, 0.1) is 15.9 Å². The predicted octanol–water partition coefficient (Wildman–Crippen LogP) is 1.95. The highest BCUT2D eigenvalue weighted by Crippen LogP contribution is 2.15. The van der Waals surface area contributed by atoms with E-state index in [2.05, 4.69) is 4.79 Å². The second-order valence-corrected chi connectivity index (χ2v) is 3.33. The van der Waals surface area contributed by atoms with E-state index in [-0.39, 0.29) is 5.71 Å². The molecule has 0 fully saturated rings. The molecule has 0 aromatic heterocycles. The van der Waals surface area contributed by atoms with E-state index in [0.717, 1.165) is 10.8 Å². The Bertz CT molecular complexity index is 613. The average Bonchev–Trinajstić information content (AvgIpc) is 2.29. The lowest BCUT2D eigenvalue weighted by Gasteiger charge is -1.97. The van der Waals surface area contributed by atoms with Crippen molar-refractivity contribution < 1.29 is 14.7 Å². The summed E-state index contributed by atoms with van der Waals surface area (Å²) in [6.07, 6.45) is 0. The van der Waals surface area contributed by atoms with Gasteiger partial charge in [0.1, 0.15) is 0 Å². The normalized spacial score (nSPS) is 9.75. The number of hydrogen-bond acceptors (Lipinski definition) is 2. The summed E-state index contributed by atoms with van der Waals surface area (Å²) in [5.74, 6) is -1.19. The summed E-state index contributed by atoms with van der Waals surface area (Å²) in [5.41, 5.74) is 7.04. The third-order valence-corrected chi connectivity index (χ3v) is 2.34. The Morgan fingerprint density at radius 3 is 2.44 bits per heavy atom. The minimum absolute atomic E-state index is 0.245. The van der Waals surface area contributed by atoms with Gasteiger partial charge in [-0.05, 0) is 22.9 Å². The van der Waals surface area contributed by atoms with Crippen LogP contribution >= 0.6 is 0 Å². The van der Waals surface area contributed by atoms with E-state index < -0.39 is 5.97 Å². The van der Waals surface area contributed by atoms with Crippen molar-refractivity contribution in [1.29, 1.82) is 5.53 Å². The molecule has 0 aliphatic heterocycles. The highest BCUT2D eigenvalue weighted by molar-refractivity contribution is 6.40. The Kier molecular flexibility index (Phi) is 2.50. The molecule has 0 radical (unpaired) electrons. The number of carboxylic acids is 1. The number of hydrogen-bond donors (Lipinski definition) is 2. The number of aliphatic carboxylic acids is 1. The first kappa shape index (κ1) is 10.1. The van der Waals surface area contributed by atoms with Gasteiger partial charge < -0.3 is 5.11 Å². The lowest BCUT2D eigenvalue weighted by Crippen LogP contribution is -2.15. The largest absolute Gasteiger partial charge is 0.472 e. The van der Waals surface area contributed by atoms with Crippen LogP contribution in [0.5, 0.6) is 0 Å². The quantitative estimate of drug-likeness (QED) is 0.454. The number of rotatable bonds is 2. The van der Waals surface area contributed by atoms with Gasteiger partial charge in [-0.25, -0.2) is 4.79 Å². The zero-order valence-corrected chi connectivity index (χ0v) is 8.34. The monoisotopic (exact) mass is 213 g/mol. The molecule has 2 rings (SSSR count). The summed E-state index contributed by atoms with van der Waals surface area (Å²) in [7, 11) is 0. The van der Waals surface area contributed by atoms with Crippen LogP contribution in [0.1, 0.15) is 5.56 Å². The Balaban J connectivity index is 2.63. The number of carboxylic acid groups (broad SMARTS) is 1. The maximum atomic E-state index is 10.8. The fraction of sp³-hybridized carbons (Fsp3) is 0. The highest BCUT2D eigenvalue weighted by atomic mass is 16.4. The average molecular weight is 213 g/mol. The van der Waals surface area contributed by atoms with Gasteiger partial charge >= 0.3 is 11.7 Å². The molecule has 0 spiro atoms. The minimum atomic E-state index is -1.19. The summed E-state index contributed by atoms with van der Waals surface area (Å²) < 4.78 is 0. The van der Waals surface area contributed by atoms with Crippen LogP contribution in [0.4, 0.5) is 0 Å². The zero-order valence-electron chi connectivity index (χ0n) is 8.34. The van der Waals surface area contributed by atoms with E-state index in [1.807, 2.05) is 30.3 Å². The molecule has 0 aliphatic carbocycles. The van der Waals surface area contributed by atoms with Crippen molar-refractivity contribution in [3.05, 3.63) is 48.0 Å². The molecule has 0 heterocycles. The molecular weight excluding hydrogens is 204 g/mol. The number of benzene rings is 2. The maximum Gasteiger partial charge on any atom is 0.455 e. The molecule has 0 atom stereocenters. The van der Waals surface area contributed by atoms with Crippen molar-refractivity contribution in [3.63, 3.8) is 0 Å². The summed E-state index contributed by atoms with van der Waals surface area (Å²) >= 11 is 0. The van der Waals surface area contributed by atoms with Crippen LogP contribution < -0.4 is 0 Å². The molecule has 0 aliphatic rings. The molecule has 16 heavy (non-hydrogen) atoms. The first-order chi connectivity index (χ1) is 7.72. The maximum absolute atomic E-state index is 10.8. The first-order valence-corrected chi connectivity index (χ1v) is 4.69. The number of nitrogens with zero attached hydrogens (tertiary/aromatic N) is 1. The van der Waals surface area contributed by atoms with Crippen molar-refractivity contribution in [1.82, 2.24) is 0 Å². The van der Waals surface area contributed by atoms with Crippen molar-refractivity contribution >= 4 is 22.5 Å². The van der Waals surface area contributed by atoms with Crippen LogP contribution in [0.2, 0.25) is 0 Å². The van der Waals surface area contributed by atoms with Gasteiger partial charge in [0.25, 0.3) is 0 Å². The molecule has 0 unspecified atom stereocenters.